The van der Waals surface area contributed by atoms with Crippen molar-refractivity contribution in [2.45, 2.75) is 32.0 Å². The first kappa shape index (κ1) is 28.9. The molecule has 0 saturated carbocycles. The third-order valence-corrected chi connectivity index (χ3v) is 7.29. The van der Waals surface area contributed by atoms with E-state index in [0.29, 0.717) is 34.2 Å². The van der Waals surface area contributed by atoms with E-state index in [4.69, 9.17) is 4.74 Å². The molecule has 11 nitrogen and oxygen atoms in total. The quantitative estimate of drug-likeness (QED) is 0.259. The van der Waals surface area contributed by atoms with Crippen LogP contribution >= 0.6 is 0 Å². The topological polar surface area (TPSA) is 141 Å². The molecule has 5 heterocycles. The molecule has 1 fully saturated rings. The van der Waals surface area contributed by atoms with Crippen LogP contribution in [-0.4, -0.2) is 75.7 Å². The molecule has 0 aromatic carbocycles. The number of nitriles is 1. The van der Waals surface area contributed by atoms with Gasteiger partial charge in [-0.2, -0.15) is 10.4 Å². The molecule has 2 unspecified atom stereocenters. The molecule has 0 aliphatic carbocycles. The maximum atomic E-state index is 14.4. The fourth-order valence-corrected chi connectivity index (χ4v) is 4.88. The van der Waals surface area contributed by atoms with Crippen molar-refractivity contribution >= 4 is 28.6 Å². The Morgan fingerprint density at radius 1 is 1.24 bits per heavy atom. The number of carbonyl (C=O) groups is 1. The lowest BCUT2D eigenvalue weighted by Crippen LogP contribution is -2.42. The fraction of sp³-hybridized carbons (Fsp3) is 0.367. The lowest BCUT2D eigenvalue weighted by Gasteiger charge is -2.22. The van der Waals surface area contributed by atoms with Crippen molar-refractivity contribution in [3.05, 3.63) is 66.1 Å². The molecule has 1 aliphatic rings. The molecule has 4 aromatic rings. The molecule has 42 heavy (non-hydrogen) atoms. The summed E-state index contributed by atoms with van der Waals surface area (Å²) in [6.45, 7) is 4.82. The SMILES string of the molecule is COCC1CCN(c2ccc(Nc3cc(-c4ccc5cc(C#N)cnn45)ncc3C(=O)NCC(F)C(C)(C)O)cn2)C1. The summed E-state index contributed by atoms with van der Waals surface area (Å²) in [5.74, 6) is 0.777. The zero-order valence-electron chi connectivity index (χ0n) is 23.7. The Kier molecular flexibility index (Phi) is 8.33. The van der Waals surface area contributed by atoms with E-state index in [2.05, 4.69) is 36.7 Å². The van der Waals surface area contributed by atoms with Crippen LogP contribution in [0.25, 0.3) is 16.9 Å². The van der Waals surface area contributed by atoms with Gasteiger partial charge in [0, 0.05) is 32.3 Å². The van der Waals surface area contributed by atoms with Crippen molar-refractivity contribution in [1.82, 2.24) is 24.9 Å². The van der Waals surface area contributed by atoms with E-state index in [-0.39, 0.29) is 12.1 Å². The van der Waals surface area contributed by atoms with Gasteiger partial charge in [0.25, 0.3) is 5.91 Å². The van der Waals surface area contributed by atoms with E-state index in [9.17, 15) is 19.6 Å². The lowest BCUT2D eigenvalue weighted by molar-refractivity contribution is -0.00177. The van der Waals surface area contributed by atoms with Crippen molar-refractivity contribution in [3.63, 3.8) is 0 Å². The van der Waals surface area contributed by atoms with E-state index in [1.54, 1.807) is 30.0 Å². The van der Waals surface area contributed by atoms with Gasteiger partial charge >= 0.3 is 0 Å². The van der Waals surface area contributed by atoms with Gasteiger partial charge in [0.05, 0.1) is 70.6 Å². The molecule has 218 valence electrons. The Morgan fingerprint density at radius 2 is 2.07 bits per heavy atom. The number of halogens is 1. The van der Waals surface area contributed by atoms with Gasteiger partial charge < -0.3 is 25.4 Å². The Hall–Kier alpha value is -4.60. The van der Waals surface area contributed by atoms with Gasteiger partial charge in [-0.1, -0.05) is 0 Å². The first-order chi connectivity index (χ1) is 20.2. The summed E-state index contributed by atoms with van der Waals surface area (Å²) in [6.07, 6.45) is 3.97. The third kappa shape index (κ3) is 6.32. The molecule has 1 saturated heterocycles. The zero-order chi connectivity index (χ0) is 29.9. The van der Waals surface area contributed by atoms with Crippen LogP contribution in [0, 0.1) is 17.2 Å². The first-order valence-electron chi connectivity index (χ1n) is 13.7. The molecule has 4 aromatic heterocycles. The molecule has 5 rings (SSSR count). The van der Waals surface area contributed by atoms with Gasteiger partial charge in [-0.05, 0) is 56.7 Å². The molecular weight excluding hydrogens is 539 g/mol. The molecule has 12 heteroatoms. The van der Waals surface area contributed by atoms with Crippen LogP contribution in [0.3, 0.4) is 0 Å². The fourth-order valence-electron chi connectivity index (χ4n) is 4.88. The second-order valence-electron chi connectivity index (χ2n) is 10.9. The minimum absolute atomic E-state index is 0.188. The van der Waals surface area contributed by atoms with Gasteiger partial charge in [-0.15, -0.1) is 0 Å². The van der Waals surface area contributed by atoms with Crippen LogP contribution in [0.4, 0.5) is 21.6 Å². The number of alkyl halides is 1. The average Bonchev–Trinajstić information content (AvgIpc) is 3.63. The normalized spacial score (nSPS) is 15.9. The van der Waals surface area contributed by atoms with E-state index in [1.807, 2.05) is 24.3 Å². The minimum Gasteiger partial charge on any atom is -0.387 e. The predicted octanol–water partition coefficient (Wildman–Crippen LogP) is 3.72. The van der Waals surface area contributed by atoms with Gasteiger partial charge in [-0.3, -0.25) is 9.78 Å². The van der Waals surface area contributed by atoms with Crippen LogP contribution in [0.1, 0.15) is 36.2 Å². The van der Waals surface area contributed by atoms with E-state index in [0.717, 1.165) is 37.5 Å². The number of ether oxygens (including phenoxy) is 1. The second-order valence-corrected chi connectivity index (χ2v) is 10.9. The lowest BCUT2D eigenvalue weighted by atomic mass is 10.0. The van der Waals surface area contributed by atoms with Gasteiger partial charge in [0.15, 0.2) is 0 Å². The Balaban J connectivity index is 1.43. The highest BCUT2D eigenvalue weighted by molar-refractivity contribution is 6.00. The number of pyridine rings is 2. The Bertz CT molecular complexity index is 1610. The Labute approximate surface area is 243 Å². The van der Waals surface area contributed by atoms with Crippen molar-refractivity contribution in [3.8, 4) is 17.5 Å². The number of nitrogens with one attached hydrogen (secondary N) is 2. The number of anilines is 3. The minimum atomic E-state index is -1.66. The number of methoxy groups -OCH3 is 1. The van der Waals surface area contributed by atoms with E-state index in [1.165, 1.54) is 26.2 Å². The highest BCUT2D eigenvalue weighted by Gasteiger charge is 2.28. The Morgan fingerprint density at radius 3 is 2.79 bits per heavy atom. The van der Waals surface area contributed by atoms with Crippen LogP contribution < -0.4 is 15.5 Å². The summed E-state index contributed by atoms with van der Waals surface area (Å²) in [5, 5.41) is 29.3. The number of amides is 1. The summed E-state index contributed by atoms with van der Waals surface area (Å²) in [6, 6.07) is 13.0. The monoisotopic (exact) mass is 572 g/mol. The number of hydrogen-bond acceptors (Lipinski definition) is 9. The third-order valence-electron chi connectivity index (χ3n) is 7.29. The van der Waals surface area contributed by atoms with Crippen LogP contribution in [0.2, 0.25) is 0 Å². The largest absolute Gasteiger partial charge is 0.387 e. The average molecular weight is 573 g/mol. The summed E-state index contributed by atoms with van der Waals surface area (Å²) in [4.78, 5) is 24.5. The number of nitrogens with zero attached hydrogens (tertiary/aromatic N) is 6. The number of hydrogen-bond donors (Lipinski definition) is 3. The van der Waals surface area contributed by atoms with Crippen molar-refractivity contribution in [2.24, 2.45) is 5.92 Å². The molecule has 0 spiro atoms. The summed E-state index contributed by atoms with van der Waals surface area (Å²) in [5.41, 5.74) is 2.00. The number of rotatable bonds is 10. The number of aliphatic hydroxyl groups is 1. The molecule has 2 atom stereocenters. The van der Waals surface area contributed by atoms with Gasteiger partial charge in [0.1, 0.15) is 18.1 Å². The number of carbonyl (C=O) groups excluding carboxylic acids is 1. The summed E-state index contributed by atoms with van der Waals surface area (Å²) < 4.78 is 21.3. The summed E-state index contributed by atoms with van der Waals surface area (Å²) in [7, 11) is 1.71. The van der Waals surface area contributed by atoms with Crippen LogP contribution in [0.5, 0.6) is 0 Å². The highest BCUT2D eigenvalue weighted by atomic mass is 19.1. The highest BCUT2D eigenvalue weighted by Crippen LogP contribution is 2.29. The maximum absolute atomic E-state index is 14.4. The molecular formula is C30H33FN8O3. The molecule has 3 N–H and O–H groups in total. The smallest absolute Gasteiger partial charge is 0.255 e. The van der Waals surface area contributed by atoms with Crippen molar-refractivity contribution in [2.75, 3.05) is 43.6 Å². The molecule has 0 bridgehead atoms. The standard InChI is InChI=1S/C30H33FN8O3/c1-30(2,41)27(31)16-35-29(40)23-15-33-25(26-6-5-22-10-20(12-32)13-36-39(22)26)11-24(23)37-21-4-7-28(34-14-21)38-9-8-19(17-38)18-42-3/h4-7,10-11,13-15,19,27,41H,8-9,16-18H2,1-3H3,(H,33,37)(H,35,40). The predicted molar refractivity (Wildman–Crippen MR) is 156 cm³/mol. The van der Waals surface area contributed by atoms with Crippen molar-refractivity contribution < 1.29 is 19.0 Å². The van der Waals surface area contributed by atoms with Gasteiger partial charge in [-0.25, -0.2) is 13.9 Å². The number of aromatic nitrogens is 4. The van der Waals surface area contributed by atoms with E-state index >= 15 is 0 Å². The molecule has 1 amide bonds. The van der Waals surface area contributed by atoms with Gasteiger partial charge in [0.2, 0.25) is 0 Å². The van der Waals surface area contributed by atoms with Crippen LogP contribution in [0.15, 0.2) is 55.0 Å². The molecule has 0 radical (unpaired) electrons. The molecule has 1 aliphatic heterocycles. The maximum Gasteiger partial charge on any atom is 0.255 e. The van der Waals surface area contributed by atoms with Crippen molar-refractivity contribution in [1.29, 1.82) is 5.26 Å². The van der Waals surface area contributed by atoms with Crippen LogP contribution in [-0.2, 0) is 4.74 Å². The van der Waals surface area contributed by atoms with E-state index < -0.39 is 17.7 Å². The first-order valence-corrected chi connectivity index (χ1v) is 13.7. The summed E-state index contributed by atoms with van der Waals surface area (Å²) >= 11 is 0. The second kappa shape index (κ2) is 12.1. The zero-order valence-corrected chi connectivity index (χ0v) is 23.7. The number of fused-ring (bicyclic) bond motifs is 1.